The highest BCUT2D eigenvalue weighted by atomic mass is 16.4. The fourth-order valence-electron chi connectivity index (χ4n) is 3.93. The third-order valence-corrected chi connectivity index (χ3v) is 5.58. The molecule has 1 saturated heterocycles. The van der Waals surface area contributed by atoms with Gasteiger partial charge in [-0.2, -0.15) is 0 Å². The van der Waals surface area contributed by atoms with Crippen LogP contribution in [0, 0.1) is 0 Å². The third-order valence-electron chi connectivity index (χ3n) is 5.58. The summed E-state index contributed by atoms with van der Waals surface area (Å²) in [6.07, 6.45) is 0. The lowest BCUT2D eigenvalue weighted by Crippen LogP contribution is -2.43. The smallest absolute Gasteiger partial charge is 0.360 e. The first kappa shape index (κ1) is 25.5. The minimum atomic E-state index is -0.576. The molecule has 11 heteroatoms. The van der Waals surface area contributed by atoms with Gasteiger partial charge in [0, 0.05) is 62.2 Å². The molecule has 3 heterocycles. The maximum Gasteiger partial charge on any atom is 0.360 e. The van der Waals surface area contributed by atoms with E-state index in [4.69, 9.17) is 14.6 Å². The van der Waals surface area contributed by atoms with Crippen molar-refractivity contribution in [3.8, 4) is 0 Å². The quantitative estimate of drug-likeness (QED) is 0.242. The van der Waals surface area contributed by atoms with E-state index in [1.54, 1.807) is 36.4 Å². The van der Waals surface area contributed by atoms with Crippen LogP contribution in [0.1, 0.15) is 13.8 Å². The number of hydrogen-bond donors (Lipinski definition) is 4. The second-order valence-corrected chi connectivity index (χ2v) is 8.51. The summed E-state index contributed by atoms with van der Waals surface area (Å²) in [5, 5.41) is 9.68. The maximum atomic E-state index is 11.8. The molecule has 2 aromatic carbocycles. The second-order valence-electron chi connectivity index (χ2n) is 8.51. The van der Waals surface area contributed by atoms with Gasteiger partial charge in [-0.1, -0.05) is 0 Å². The predicted octanol–water partition coefficient (Wildman–Crippen LogP) is 2.49. The molecule has 11 nitrogen and oxygen atoms in total. The summed E-state index contributed by atoms with van der Waals surface area (Å²) in [7, 11) is 0. The molecule has 1 fully saturated rings. The van der Waals surface area contributed by atoms with Crippen LogP contribution in [-0.4, -0.2) is 38.0 Å². The Balaban J connectivity index is 0.000000180. The lowest BCUT2D eigenvalue weighted by atomic mass is 10.2. The Bertz CT molecular complexity index is 1590. The van der Waals surface area contributed by atoms with Crippen LogP contribution in [0.25, 0.3) is 21.9 Å². The van der Waals surface area contributed by atoms with Gasteiger partial charge in [0.25, 0.3) is 0 Å². The number of fused-ring (bicyclic) bond motifs is 2. The van der Waals surface area contributed by atoms with Gasteiger partial charge in [-0.15, -0.1) is 0 Å². The largest absolute Gasteiger partial charge is 0.421 e. The van der Waals surface area contributed by atoms with E-state index < -0.39 is 11.3 Å². The molecule has 37 heavy (non-hydrogen) atoms. The third kappa shape index (κ3) is 6.33. The number of carbonyl (C=O) groups is 2. The monoisotopic (exact) mass is 505 g/mol. The van der Waals surface area contributed by atoms with Gasteiger partial charge in [0.2, 0.25) is 11.8 Å². The highest BCUT2D eigenvalue weighted by molar-refractivity contribution is 5.92. The van der Waals surface area contributed by atoms with Gasteiger partial charge in [0.15, 0.2) is 0 Å². The Morgan fingerprint density at radius 1 is 0.811 bits per heavy atom. The molecule has 4 aromatic rings. The highest BCUT2D eigenvalue weighted by Crippen LogP contribution is 2.23. The van der Waals surface area contributed by atoms with Crippen LogP contribution in [0.2, 0.25) is 0 Å². The van der Waals surface area contributed by atoms with Crippen LogP contribution in [-0.2, 0) is 9.59 Å². The molecule has 5 rings (SSSR count). The number of anilines is 4. The lowest BCUT2D eigenvalue weighted by Gasteiger charge is -2.29. The number of rotatable bonds is 3. The zero-order valence-corrected chi connectivity index (χ0v) is 20.4. The Morgan fingerprint density at radius 3 is 1.86 bits per heavy atom. The van der Waals surface area contributed by atoms with Crippen molar-refractivity contribution in [2.24, 2.45) is 0 Å². The zero-order chi connectivity index (χ0) is 26.5. The minimum Gasteiger partial charge on any atom is -0.421 e. The van der Waals surface area contributed by atoms with E-state index in [1.165, 1.54) is 13.8 Å². The second kappa shape index (κ2) is 11.0. The number of amides is 2. The summed E-state index contributed by atoms with van der Waals surface area (Å²) in [5.41, 5.74) is 7.40. The van der Waals surface area contributed by atoms with E-state index in [9.17, 15) is 19.2 Å². The molecule has 5 N–H and O–H groups in total. The van der Waals surface area contributed by atoms with Gasteiger partial charge in [-0.05, 0) is 48.5 Å². The molecule has 0 saturated carbocycles. The summed E-state index contributed by atoms with van der Waals surface area (Å²) in [6.45, 7) is 6.49. The normalized spacial score (nSPS) is 13.1. The summed E-state index contributed by atoms with van der Waals surface area (Å²) in [5.74, 6) is -0.615. The summed E-state index contributed by atoms with van der Waals surface area (Å²) >= 11 is 0. The van der Waals surface area contributed by atoms with Crippen molar-refractivity contribution in [2.45, 2.75) is 13.8 Å². The fourth-order valence-corrected chi connectivity index (χ4v) is 3.93. The maximum absolute atomic E-state index is 11.8. The van der Waals surface area contributed by atoms with Crippen LogP contribution >= 0.6 is 0 Å². The van der Waals surface area contributed by atoms with Gasteiger partial charge in [-0.25, -0.2) is 9.59 Å². The van der Waals surface area contributed by atoms with E-state index in [-0.39, 0.29) is 23.2 Å². The van der Waals surface area contributed by atoms with Crippen LogP contribution in [0.15, 0.2) is 67.0 Å². The minimum absolute atomic E-state index is 0.116. The van der Waals surface area contributed by atoms with Crippen molar-refractivity contribution < 1.29 is 18.4 Å². The Kier molecular flexibility index (Phi) is 7.54. The molecule has 192 valence electrons. The average Bonchev–Trinajstić information content (AvgIpc) is 2.85. The number of nitrogens with zero attached hydrogens (tertiary/aromatic N) is 1. The van der Waals surface area contributed by atoms with Crippen molar-refractivity contribution in [3.63, 3.8) is 0 Å². The molecule has 0 bridgehead atoms. The van der Waals surface area contributed by atoms with Gasteiger partial charge in [-0.3, -0.25) is 9.59 Å². The molecule has 2 amide bonds. The van der Waals surface area contributed by atoms with Crippen molar-refractivity contribution >= 4 is 56.5 Å². The van der Waals surface area contributed by atoms with Gasteiger partial charge < -0.3 is 35.4 Å². The first-order chi connectivity index (χ1) is 17.7. The number of nitrogens with two attached hydrogens (primary N) is 1. The Morgan fingerprint density at radius 2 is 1.32 bits per heavy atom. The fraction of sp³-hybridized carbons (Fsp3) is 0.231. The standard InChI is InChI=1S/C15H17N3O3.C11H10N2O3/c1-10(19)17-13-9-11-8-12(18-6-4-16-5-7-18)2-3-14(11)21-15(13)20;1-6(14)13-9-5-7-4-8(12)2-3-10(7)16-11(9)15/h2-3,8-9,16H,4-7H2,1H3,(H,17,19);2-5H,12H2,1H3,(H,13,14). The van der Waals surface area contributed by atoms with E-state index in [2.05, 4.69) is 20.9 Å². The van der Waals surface area contributed by atoms with Gasteiger partial charge >= 0.3 is 11.3 Å². The average molecular weight is 506 g/mol. The van der Waals surface area contributed by atoms with E-state index in [1.807, 2.05) is 12.1 Å². The molecular formula is C26H27N5O6. The molecule has 1 aliphatic heterocycles. The molecule has 1 aliphatic rings. The Labute approximate surface area is 211 Å². The van der Waals surface area contributed by atoms with E-state index in [0.717, 1.165) is 37.3 Å². The number of nitrogens with one attached hydrogen (secondary N) is 3. The number of carbonyl (C=O) groups excluding carboxylic acids is 2. The van der Waals surface area contributed by atoms with Gasteiger partial charge in [0.05, 0.1) is 0 Å². The van der Waals surface area contributed by atoms with Crippen LogP contribution in [0.5, 0.6) is 0 Å². The molecule has 0 aliphatic carbocycles. The van der Waals surface area contributed by atoms with Crippen molar-refractivity contribution in [1.29, 1.82) is 0 Å². The molecule has 0 radical (unpaired) electrons. The Hall–Kier alpha value is -4.64. The summed E-state index contributed by atoms with van der Waals surface area (Å²) < 4.78 is 10.3. The highest BCUT2D eigenvalue weighted by Gasteiger charge is 2.13. The van der Waals surface area contributed by atoms with Gasteiger partial charge in [0.1, 0.15) is 22.5 Å². The number of nitrogen functional groups attached to an aromatic ring is 1. The predicted molar refractivity (Wildman–Crippen MR) is 143 cm³/mol. The first-order valence-corrected chi connectivity index (χ1v) is 11.6. The van der Waals surface area contributed by atoms with Crippen LogP contribution in [0.4, 0.5) is 22.7 Å². The number of piperazine rings is 1. The SMILES string of the molecule is CC(=O)Nc1cc2cc(N)ccc2oc1=O.CC(=O)Nc1cc2cc(N3CCNCC3)ccc2oc1=O. The van der Waals surface area contributed by atoms with Crippen LogP contribution in [0.3, 0.4) is 0 Å². The first-order valence-electron chi connectivity index (χ1n) is 11.6. The summed E-state index contributed by atoms with van der Waals surface area (Å²) in [4.78, 5) is 47.4. The van der Waals surface area contributed by atoms with Crippen LogP contribution < -0.4 is 37.8 Å². The van der Waals surface area contributed by atoms with E-state index in [0.29, 0.717) is 22.2 Å². The van der Waals surface area contributed by atoms with Crippen molar-refractivity contribution in [2.75, 3.05) is 47.4 Å². The van der Waals surface area contributed by atoms with E-state index >= 15 is 0 Å². The molecular weight excluding hydrogens is 478 g/mol. The molecule has 0 unspecified atom stereocenters. The topological polar surface area (TPSA) is 160 Å². The molecule has 0 atom stereocenters. The number of benzene rings is 2. The summed E-state index contributed by atoms with van der Waals surface area (Å²) in [6, 6.07) is 13.9. The zero-order valence-electron chi connectivity index (χ0n) is 20.4. The molecule has 0 spiro atoms. The van der Waals surface area contributed by atoms with Crippen molar-refractivity contribution in [1.82, 2.24) is 5.32 Å². The molecule has 2 aromatic heterocycles. The number of hydrogen-bond acceptors (Lipinski definition) is 9. The lowest BCUT2D eigenvalue weighted by molar-refractivity contribution is -0.115. The van der Waals surface area contributed by atoms with Crippen molar-refractivity contribution in [3.05, 3.63) is 69.4 Å².